The van der Waals surface area contributed by atoms with Gasteiger partial charge in [0.05, 0.1) is 17.8 Å². The van der Waals surface area contributed by atoms with Gasteiger partial charge in [0.15, 0.2) is 0 Å². The molecular formula is C13H19F3N4O. The maximum Gasteiger partial charge on any atom is 0.401 e. The molecule has 0 saturated carbocycles. The van der Waals surface area contributed by atoms with Gasteiger partial charge in [-0.3, -0.25) is 10.00 Å². The van der Waals surface area contributed by atoms with Crippen molar-refractivity contribution < 1.29 is 17.9 Å². The highest BCUT2D eigenvalue weighted by molar-refractivity contribution is 5.07. The molecule has 5 nitrogen and oxygen atoms in total. The van der Waals surface area contributed by atoms with Crippen LogP contribution in [0.3, 0.4) is 0 Å². The lowest BCUT2D eigenvalue weighted by atomic mass is 9.89. The van der Waals surface area contributed by atoms with Crippen LogP contribution in [-0.2, 0) is 4.74 Å². The Balaban J connectivity index is 1.79. The lowest BCUT2D eigenvalue weighted by Crippen LogP contribution is -2.58. The smallest absolute Gasteiger partial charge is 0.363 e. The van der Waals surface area contributed by atoms with Gasteiger partial charge in [0.1, 0.15) is 6.10 Å². The van der Waals surface area contributed by atoms with Crippen molar-refractivity contribution in [1.29, 1.82) is 0 Å². The molecule has 21 heavy (non-hydrogen) atoms. The molecule has 0 radical (unpaired) electrons. The first-order valence-electron chi connectivity index (χ1n) is 7.13. The fourth-order valence-electron chi connectivity index (χ4n) is 3.22. The average molecular weight is 304 g/mol. The number of aromatic nitrogens is 2. The summed E-state index contributed by atoms with van der Waals surface area (Å²) in [4.78, 5) is 1.45. The van der Waals surface area contributed by atoms with Crippen LogP contribution in [0.25, 0.3) is 0 Å². The molecule has 0 amide bonds. The largest absolute Gasteiger partial charge is 0.401 e. The van der Waals surface area contributed by atoms with Crippen LogP contribution in [0, 0.1) is 0 Å². The number of rotatable bonds is 2. The van der Waals surface area contributed by atoms with Crippen molar-refractivity contribution in [1.82, 2.24) is 20.4 Å². The third-order valence-corrected chi connectivity index (χ3v) is 4.10. The predicted molar refractivity (Wildman–Crippen MR) is 69.7 cm³/mol. The first-order valence-corrected chi connectivity index (χ1v) is 7.13. The number of nitrogens with one attached hydrogen (secondary N) is 2. The molecule has 0 aromatic carbocycles. The molecule has 118 valence electrons. The van der Waals surface area contributed by atoms with E-state index in [2.05, 4.69) is 15.5 Å². The molecule has 1 spiro atoms. The Morgan fingerprint density at radius 1 is 1.38 bits per heavy atom. The zero-order chi connectivity index (χ0) is 14.9. The number of halogens is 3. The topological polar surface area (TPSA) is 53.2 Å². The summed E-state index contributed by atoms with van der Waals surface area (Å²) >= 11 is 0. The zero-order valence-corrected chi connectivity index (χ0v) is 11.6. The Hall–Kier alpha value is -1.12. The summed E-state index contributed by atoms with van der Waals surface area (Å²) in [6, 6.07) is 1.76. The quantitative estimate of drug-likeness (QED) is 0.869. The number of aromatic amines is 1. The Kier molecular flexibility index (Phi) is 3.94. The van der Waals surface area contributed by atoms with Gasteiger partial charge in [-0.15, -0.1) is 0 Å². The van der Waals surface area contributed by atoms with Gasteiger partial charge in [0.25, 0.3) is 0 Å². The maximum absolute atomic E-state index is 12.7. The summed E-state index contributed by atoms with van der Waals surface area (Å²) in [5, 5.41) is 10.0. The average Bonchev–Trinajstić information content (AvgIpc) is 2.90. The summed E-state index contributed by atoms with van der Waals surface area (Å²) in [6.45, 7) is 1.20. The molecular weight excluding hydrogens is 285 g/mol. The zero-order valence-electron chi connectivity index (χ0n) is 11.6. The Morgan fingerprint density at radius 2 is 2.14 bits per heavy atom. The third-order valence-electron chi connectivity index (χ3n) is 4.10. The molecule has 2 fully saturated rings. The molecule has 0 bridgehead atoms. The molecule has 2 saturated heterocycles. The summed E-state index contributed by atoms with van der Waals surface area (Å²) < 4.78 is 44.4. The van der Waals surface area contributed by atoms with E-state index in [-0.39, 0.29) is 6.54 Å². The van der Waals surface area contributed by atoms with Crippen LogP contribution < -0.4 is 5.32 Å². The first-order chi connectivity index (χ1) is 9.96. The fraction of sp³-hybridized carbons (Fsp3) is 0.769. The van der Waals surface area contributed by atoms with E-state index < -0.39 is 24.4 Å². The number of piperidine rings is 1. The number of H-pyrrole nitrogens is 1. The second kappa shape index (κ2) is 5.58. The van der Waals surface area contributed by atoms with Crippen LogP contribution in [0.4, 0.5) is 13.2 Å². The molecule has 1 unspecified atom stereocenters. The van der Waals surface area contributed by atoms with Gasteiger partial charge in [0.2, 0.25) is 0 Å². The van der Waals surface area contributed by atoms with E-state index in [0.29, 0.717) is 12.2 Å². The molecule has 2 N–H and O–H groups in total. The van der Waals surface area contributed by atoms with Gasteiger partial charge in [-0.2, -0.15) is 18.3 Å². The molecule has 3 heterocycles. The lowest BCUT2D eigenvalue weighted by Gasteiger charge is -2.48. The Labute approximate surface area is 120 Å². The highest BCUT2D eigenvalue weighted by atomic mass is 19.4. The van der Waals surface area contributed by atoms with Crippen molar-refractivity contribution >= 4 is 0 Å². The van der Waals surface area contributed by atoms with Gasteiger partial charge in [-0.25, -0.2) is 0 Å². The number of hydrogen-bond donors (Lipinski definition) is 2. The highest BCUT2D eigenvalue weighted by Crippen LogP contribution is 2.36. The molecule has 1 aromatic heterocycles. The number of hydrogen-bond acceptors (Lipinski definition) is 4. The van der Waals surface area contributed by atoms with Crippen LogP contribution in [0.15, 0.2) is 12.3 Å². The van der Waals surface area contributed by atoms with Crippen molar-refractivity contribution in [2.75, 3.05) is 32.7 Å². The minimum Gasteiger partial charge on any atom is -0.363 e. The maximum atomic E-state index is 12.7. The Bertz CT molecular complexity index is 456. The van der Waals surface area contributed by atoms with E-state index >= 15 is 0 Å². The van der Waals surface area contributed by atoms with Gasteiger partial charge in [-0.05, 0) is 32.0 Å². The van der Waals surface area contributed by atoms with E-state index in [4.69, 9.17) is 4.74 Å². The molecule has 2 aliphatic heterocycles. The minimum absolute atomic E-state index is 0.222. The number of ether oxygens (including phenoxy) is 1. The van der Waals surface area contributed by atoms with E-state index in [0.717, 1.165) is 25.9 Å². The van der Waals surface area contributed by atoms with Crippen molar-refractivity contribution in [3.8, 4) is 0 Å². The molecule has 0 aliphatic carbocycles. The summed E-state index contributed by atoms with van der Waals surface area (Å²) in [5.41, 5.74) is 0.165. The van der Waals surface area contributed by atoms with Gasteiger partial charge < -0.3 is 10.1 Å². The predicted octanol–water partition coefficient (Wildman–Crippen LogP) is 1.47. The second-order valence-electron chi connectivity index (χ2n) is 5.82. The van der Waals surface area contributed by atoms with Crippen LogP contribution in [0.2, 0.25) is 0 Å². The monoisotopic (exact) mass is 304 g/mol. The minimum atomic E-state index is -4.19. The van der Waals surface area contributed by atoms with Gasteiger partial charge in [0, 0.05) is 19.3 Å². The van der Waals surface area contributed by atoms with E-state index in [1.807, 2.05) is 0 Å². The van der Waals surface area contributed by atoms with Crippen LogP contribution in [-0.4, -0.2) is 59.6 Å². The lowest BCUT2D eigenvalue weighted by molar-refractivity contribution is -0.203. The molecule has 8 heteroatoms. The molecule has 1 atom stereocenters. The molecule has 1 aromatic rings. The third kappa shape index (κ3) is 3.56. The normalized spacial score (nSPS) is 27.1. The summed E-state index contributed by atoms with van der Waals surface area (Å²) in [5.74, 6) is 0. The first kappa shape index (κ1) is 14.8. The van der Waals surface area contributed by atoms with Crippen LogP contribution in [0.1, 0.15) is 24.6 Å². The van der Waals surface area contributed by atoms with Crippen LogP contribution >= 0.6 is 0 Å². The van der Waals surface area contributed by atoms with Gasteiger partial charge >= 0.3 is 6.18 Å². The molecule has 3 rings (SSSR count). The summed E-state index contributed by atoms with van der Waals surface area (Å²) in [7, 11) is 0. The van der Waals surface area contributed by atoms with E-state index in [9.17, 15) is 13.2 Å². The van der Waals surface area contributed by atoms with Crippen molar-refractivity contribution in [2.45, 2.75) is 30.7 Å². The number of nitrogens with zero attached hydrogens (tertiary/aromatic N) is 2. The number of alkyl halides is 3. The number of morpholine rings is 1. The highest BCUT2D eigenvalue weighted by Gasteiger charge is 2.45. The SMILES string of the molecule is FC(F)(F)CN1CC(c2cc[nH]n2)OC2(CCNCC2)C1. The van der Waals surface area contributed by atoms with E-state index in [1.54, 1.807) is 12.3 Å². The summed E-state index contributed by atoms with van der Waals surface area (Å²) in [6.07, 6.45) is -1.49. The molecule has 2 aliphatic rings. The fourth-order valence-corrected chi connectivity index (χ4v) is 3.22. The van der Waals surface area contributed by atoms with Crippen molar-refractivity contribution in [3.05, 3.63) is 18.0 Å². The van der Waals surface area contributed by atoms with Crippen LogP contribution in [0.5, 0.6) is 0 Å². The van der Waals surface area contributed by atoms with Gasteiger partial charge in [-0.1, -0.05) is 0 Å². The van der Waals surface area contributed by atoms with E-state index in [1.165, 1.54) is 4.90 Å². The van der Waals surface area contributed by atoms with Crippen molar-refractivity contribution in [2.24, 2.45) is 0 Å². The Morgan fingerprint density at radius 3 is 2.76 bits per heavy atom. The second-order valence-corrected chi connectivity index (χ2v) is 5.82. The standard InChI is InChI=1S/C13H19F3N4O/c14-13(15,16)9-20-7-11(10-1-4-18-19-10)21-12(8-20)2-5-17-6-3-12/h1,4,11,17H,2-3,5-9H2,(H,18,19). The van der Waals surface area contributed by atoms with Crippen molar-refractivity contribution in [3.63, 3.8) is 0 Å².